The first-order valence-electron chi connectivity index (χ1n) is 5.63. The normalized spacial score (nSPS) is 40.9. The molecule has 3 aliphatic rings. The summed E-state index contributed by atoms with van der Waals surface area (Å²) < 4.78 is 0. The van der Waals surface area contributed by atoms with Crippen molar-refractivity contribution < 1.29 is 4.79 Å². The van der Waals surface area contributed by atoms with E-state index in [4.69, 9.17) is 0 Å². The summed E-state index contributed by atoms with van der Waals surface area (Å²) >= 11 is 0. The summed E-state index contributed by atoms with van der Waals surface area (Å²) in [6.07, 6.45) is 2.53. The van der Waals surface area contributed by atoms with Crippen LogP contribution in [-0.2, 0) is 4.79 Å². The number of nitrogens with one attached hydrogen (secondary N) is 1. The number of fused-ring (bicyclic) bond motifs is 1. The van der Waals surface area contributed by atoms with E-state index < -0.39 is 0 Å². The van der Waals surface area contributed by atoms with Crippen LogP contribution in [0.5, 0.6) is 0 Å². The minimum atomic E-state index is 0.266. The van der Waals surface area contributed by atoms with Crippen molar-refractivity contribution in [1.82, 2.24) is 15.1 Å². The van der Waals surface area contributed by atoms with E-state index in [1.54, 1.807) is 0 Å². The molecule has 0 radical (unpaired) electrons. The molecule has 3 fully saturated rings. The van der Waals surface area contributed by atoms with Crippen molar-refractivity contribution >= 4 is 5.91 Å². The van der Waals surface area contributed by atoms with Gasteiger partial charge in [-0.2, -0.15) is 0 Å². The first-order chi connectivity index (χ1) is 6.88. The Labute approximate surface area is 84.2 Å². The van der Waals surface area contributed by atoms with Gasteiger partial charge in [-0.15, -0.1) is 0 Å². The maximum Gasteiger partial charge on any atom is 0.241 e. The Bertz CT molecular complexity index is 236. The topological polar surface area (TPSA) is 35.4 Å². The van der Waals surface area contributed by atoms with Gasteiger partial charge in [-0.1, -0.05) is 0 Å². The van der Waals surface area contributed by atoms with Crippen LogP contribution >= 0.6 is 0 Å². The molecule has 3 saturated heterocycles. The number of amides is 1. The fraction of sp³-hybridized carbons (Fsp3) is 0.900. The van der Waals surface area contributed by atoms with E-state index >= 15 is 0 Å². The lowest BCUT2D eigenvalue weighted by molar-refractivity contribution is -0.132. The van der Waals surface area contributed by atoms with E-state index in [2.05, 4.69) is 10.2 Å². The van der Waals surface area contributed by atoms with Gasteiger partial charge in [0.05, 0.1) is 0 Å². The quantitative estimate of drug-likeness (QED) is 0.560. The van der Waals surface area contributed by atoms with Crippen molar-refractivity contribution in [2.45, 2.75) is 24.9 Å². The smallest absolute Gasteiger partial charge is 0.241 e. The van der Waals surface area contributed by atoms with Gasteiger partial charge in [0, 0.05) is 32.2 Å². The van der Waals surface area contributed by atoms with E-state index in [0.29, 0.717) is 11.9 Å². The van der Waals surface area contributed by atoms with E-state index in [1.165, 1.54) is 12.8 Å². The van der Waals surface area contributed by atoms with Crippen LogP contribution in [0.4, 0.5) is 0 Å². The molecule has 14 heavy (non-hydrogen) atoms. The molecule has 0 aliphatic carbocycles. The summed E-state index contributed by atoms with van der Waals surface area (Å²) in [7, 11) is 0. The second-order valence-electron chi connectivity index (χ2n) is 4.47. The third-order valence-corrected chi connectivity index (χ3v) is 3.66. The summed E-state index contributed by atoms with van der Waals surface area (Å²) in [4.78, 5) is 16.4. The van der Waals surface area contributed by atoms with Gasteiger partial charge in [-0.3, -0.25) is 9.69 Å². The molecule has 0 aromatic carbocycles. The summed E-state index contributed by atoms with van der Waals surface area (Å²) in [6.45, 7) is 4.87. The first-order valence-corrected chi connectivity index (χ1v) is 5.63. The predicted molar refractivity (Wildman–Crippen MR) is 53.0 cm³/mol. The minimum Gasteiger partial charge on any atom is -0.339 e. The van der Waals surface area contributed by atoms with Gasteiger partial charge in [0.2, 0.25) is 5.91 Å². The van der Waals surface area contributed by atoms with E-state index in [1.807, 2.05) is 4.90 Å². The first kappa shape index (κ1) is 8.68. The summed E-state index contributed by atoms with van der Waals surface area (Å²) in [5.74, 6) is 0.385. The van der Waals surface area contributed by atoms with Crippen LogP contribution in [0.15, 0.2) is 0 Å². The van der Waals surface area contributed by atoms with Crippen LogP contribution in [0.2, 0.25) is 0 Å². The fourth-order valence-corrected chi connectivity index (χ4v) is 2.82. The zero-order valence-corrected chi connectivity index (χ0v) is 8.41. The van der Waals surface area contributed by atoms with Crippen molar-refractivity contribution in [3.05, 3.63) is 0 Å². The third-order valence-electron chi connectivity index (χ3n) is 3.66. The molecule has 3 aliphatic heterocycles. The van der Waals surface area contributed by atoms with Gasteiger partial charge in [0.15, 0.2) is 0 Å². The van der Waals surface area contributed by atoms with Crippen molar-refractivity contribution in [1.29, 1.82) is 0 Å². The summed E-state index contributed by atoms with van der Waals surface area (Å²) in [5, 5.41) is 3.27. The maximum atomic E-state index is 12.0. The highest BCUT2D eigenvalue weighted by atomic mass is 16.2. The average Bonchev–Trinajstić information content (AvgIpc) is 2.72. The van der Waals surface area contributed by atoms with Gasteiger partial charge in [-0.25, -0.2) is 0 Å². The summed E-state index contributed by atoms with van der Waals surface area (Å²) in [5.41, 5.74) is 0. The zero-order chi connectivity index (χ0) is 9.54. The molecule has 1 N–H and O–H groups in total. The second kappa shape index (κ2) is 3.21. The van der Waals surface area contributed by atoms with Gasteiger partial charge >= 0.3 is 0 Å². The molecule has 0 spiro atoms. The highest BCUT2D eigenvalue weighted by Crippen LogP contribution is 2.39. The van der Waals surface area contributed by atoms with Crippen molar-refractivity contribution in [3.8, 4) is 0 Å². The van der Waals surface area contributed by atoms with E-state index in [9.17, 15) is 4.79 Å². The van der Waals surface area contributed by atoms with Gasteiger partial charge in [0.25, 0.3) is 0 Å². The molecule has 0 bridgehead atoms. The van der Waals surface area contributed by atoms with Crippen LogP contribution in [0.25, 0.3) is 0 Å². The van der Waals surface area contributed by atoms with Gasteiger partial charge < -0.3 is 10.2 Å². The number of hydrogen-bond acceptors (Lipinski definition) is 3. The molecule has 1 amide bonds. The molecular formula is C10H17N3O. The average molecular weight is 195 g/mol. The van der Waals surface area contributed by atoms with Crippen molar-refractivity contribution in [2.75, 3.05) is 32.7 Å². The third kappa shape index (κ3) is 1.25. The molecule has 0 saturated carbocycles. The van der Waals surface area contributed by atoms with Crippen molar-refractivity contribution in [2.24, 2.45) is 0 Å². The molecule has 4 heteroatoms. The largest absolute Gasteiger partial charge is 0.339 e. The highest BCUT2D eigenvalue weighted by molar-refractivity contribution is 5.86. The van der Waals surface area contributed by atoms with Crippen LogP contribution in [0.1, 0.15) is 12.8 Å². The minimum absolute atomic E-state index is 0.266. The van der Waals surface area contributed by atoms with Crippen LogP contribution in [0, 0.1) is 0 Å². The maximum absolute atomic E-state index is 12.0. The van der Waals surface area contributed by atoms with Gasteiger partial charge in [0.1, 0.15) is 6.04 Å². The Hall–Kier alpha value is -0.610. The Morgan fingerprint density at radius 3 is 2.64 bits per heavy atom. The fourth-order valence-electron chi connectivity index (χ4n) is 2.82. The molecule has 78 valence electrons. The Balaban J connectivity index is 1.60. The van der Waals surface area contributed by atoms with Gasteiger partial charge in [-0.05, 0) is 19.4 Å². The molecule has 4 nitrogen and oxygen atoms in total. The Morgan fingerprint density at radius 2 is 2.00 bits per heavy atom. The van der Waals surface area contributed by atoms with Crippen molar-refractivity contribution in [3.63, 3.8) is 0 Å². The standard InChI is InChI=1S/C10H17N3O/c14-10(12-6-3-11-4-7-12)9-8-2-1-5-13(8)9/h8-9,11H,1-7H2. The number of piperazine rings is 1. The lowest BCUT2D eigenvalue weighted by atomic mass is 10.2. The van der Waals surface area contributed by atoms with Crippen LogP contribution in [-0.4, -0.2) is 60.5 Å². The lowest BCUT2D eigenvalue weighted by Gasteiger charge is -2.27. The van der Waals surface area contributed by atoms with Crippen LogP contribution < -0.4 is 5.32 Å². The molecule has 3 heterocycles. The molecule has 3 rings (SSSR count). The number of carbonyl (C=O) groups is 1. The molecule has 3 atom stereocenters. The van der Waals surface area contributed by atoms with E-state index in [-0.39, 0.29) is 6.04 Å². The SMILES string of the molecule is O=C(C1C2CCCN21)N1CCNCC1. The van der Waals surface area contributed by atoms with Crippen LogP contribution in [0.3, 0.4) is 0 Å². The highest BCUT2D eigenvalue weighted by Gasteiger charge is 2.55. The number of hydrogen-bond donors (Lipinski definition) is 1. The zero-order valence-electron chi connectivity index (χ0n) is 8.41. The van der Waals surface area contributed by atoms with E-state index in [0.717, 1.165) is 32.7 Å². The number of rotatable bonds is 1. The number of carbonyl (C=O) groups excluding carboxylic acids is 1. The second-order valence-corrected chi connectivity index (χ2v) is 4.47. The predicted octanol–water partition coefficient (Wildman–Crippen LogP) is -0.735. The lowest BCUT2D eigenvalue weighted by Crippen LogP contribution is -2.48. The monoisotopic (exact) mass is 195 g/mol. The molecule has 0 aromatic rings. The number of nitrogens with zero attached hydrogens (tertiary/aromatic N) is 2. The number of piperidine rings is 1. The molecular weight excluding hydrogens is 178 g/mol. The molecule has 0 aromatic heterocycles. The Morgan fingerprint density at radius 1 is 1.21 bits per heavy atom. The molecule has 3 unspecified atom stereocenters. The summed E-state index contributed by atoms with van der Waals surface area (Å²) in [6, 6.07) is 0.874. The Kier molecular flexibility index (Phi) is 1.99.